The van der Waals surface area contributed by atoms with Gasteiger partial charge in [0, 0.05) is 13.0 Å². The van der Waals surface area contributed by atoms with E-state index in [-0.39, 0.29) is 19.6 Å². The maximum absolute atomic E-state index is 12.8. The Labute approximate surface area is 340 Å². The molecule has 6 atom stereocenters. The molecule has 0 aromatic carbocycles. The van der Waals surface area contributed by atoms with Gasteiger partial charge in [0.1, 0.15) is 30.5 Å². The minimum Gasteiger partial charge on any atom is -0.457 e. The molecule has 1 aliphatic heterocycles. The Morgan fingerprint density at radius 1 is 0.661 bits per heavy atom. The van der Waals surface area contributed by atoms with E-state index in [0.717, 1.165) is 44.9 Å². The van der Waals surface area contributed by atoms with Crippen LogP contribution in [0.4, 0.5) is 0 Å². The van der Waals surface area contributed by atoms with Gasteiger partial charge in [-0.15, -0.1) is 0 Å². The predicted octanol–water partition coefficient (Wildman–Crippen LogP) is 9.08. The highest BCUT2D eigenvalue weighted by Crippen LogP contribution is 2.26. The summed E-state index contributed by atoms with van der Waals surface area (Å²) >= 11 is 0. The summed E-state index contributed by atoms with van der Waals surface area (Å²) in [7, 11) is -5.06. The van der Waals surface area contributed by atoms with Crippen molar-refractivity contribution < 1.29 is 56.2 Å². The maximum atomic E-state index is 12.8. The van der Waals surface area contributed by atoms with Crippen molar-refractivity contribution in [3.05, 3.63) is 12.2 Å². The summed E-state index contributed by atoms with van der Waals surface area (Å²) in [6.45, 7) is 3.96. The summed E-state index contributed by atoms with van der Waals surface area (Å²) in [5, 5.41) is 30.6. The van der Waals surface area contributed by atoms with Crippen LogP contribution in [0.5, 0.6) is 0 Å². The monoisotopic (exact) mass is 823 g/mol. The number of esters is 1. The van der Waals surface area contributed by atoms with E-state index in [1.807, 2.05) is 0 Å². The second-order valence-electron chi connectivity index (χ2n) is 15.6. The molecule has 0 aliphatic carbocycles. The van der Waals surface area contributed by atoms with Crippen molar-refractivity contribution in [2.24, 2.45) is 0 Å². The summed E-state index contributed by atoms with van der Waals surface area (Å²) < 4.78 is 59.0. The molecule has 12 nitrogen and oxygen atoms in total. The van der Waals surface area contributed by atoms with E-state index in [0.29, 0.717) is 13.0 Å². The lowest BCUT2D eigenvalue weighted by atomic mass is 9.99. The van der Waals surface area contributed by atoms with Gasteiger partial charge in [-0.2, -0.15) is 8.42 Å². The second-order valence-corrected chi connectivity index (χ2v) is 16.7. The molecule has 0 aromatic rings. The molecule has 1 rings (SSSR count). The molecule has 56 heavy (non-hydrogen) atoms. The number of hydrogen-bond donors (Lipinski definition) is 4. The Balaban J connectivity index is 2.41. The summed E-state index contributed by atoms with van der Waals surface area (Å²) in [5.41, 5.74) is 0. The van der Waals surface area contributed by atoms with E-state index < -0.39 is 59.8 Å². The number of unbranched alkanes of at least 4 members (excludes halogenated alkanes) is 24. The largest absolute Gasteiger partial charge is 0.457 e. The summed E-state index contributed by atoms with van der Waals surface area (Å²) in [4.78, 5) is 12.8. The fourth-order valence-electron chi connectivity index (χ4n) is 6.95. The molecule has 0 bridgehead atoms. The average Bonchev–Trinajstić information content (AvgIpc) is 3.17. The minimum absolute atomic E-state index is 0.0367. The van der Waals surface area contributed by atoms with Gasteiger partial charge in [0.2, 0.25) is 0 Å². The number of ether oxygens (including phenoxy) is 4. The van der Waals surface area contributed by atoms with Crippen LogP contribution >= 0.6 is 0 Å². The third-order valence-electron chi connectivity index (χ3n) is 10.4. The zero-order valence-electron chi connectivity index (χ0n) is 35.2. The molecular weight excluding hydrogens is 741 g/mol. The highest BCUT2D eigenvalue weighted by atomic mass is 32.3. The minimum atomic E-state index is -5.06. The Kier molecular flexibility index (Phi) is 33.7. The number of carbonyl (C=O) groups excluding carboxylic acids is 1. The van der Waals surface area contributed by atoms with Gasteiger partial charge in [0.25, 0.3) is 0 Å². The number of rotatable bonds is 39. The van der Waals surface area contributed by atoms with E-state index in [4.69, 9.17) is 23.5 Å². The molecule has 13 heteroatoms. The second kappa shape index (κ2) is 35.8. The molecule has 0 radical (unpaired) electrons. The van der Waals surface area contributed by atoms with Crippen LogP contribution in [-0.2, 0) is 38.3 Å². The molecule has 0 amide bonds. The van der Waals surface area contributed by atoms with Crippen LogP contribution < -0.4 is 0 Å². The van der Waals surface area contributed by atoms with Gasteiger partial charge in [0.15, 0.2) is 6.29 Å². The highest BCUT2D eigenvalue weighted by molar-refractivity contribution is 7.80. The topological polar surface area (TPSA) is 178 Å². The first kappa shape index (κ1) is 52.9. The van der Waals surface area contributed by atoms with Crippen molar-refractivity contribution in [3.63, 3.8) is 0 Å². The third-order valence-corrected chi connectivity index (χ3v) is 10.9. The molecule has 1 fully saturated rings. The van der Waals surface area contributed by atoms with Crippen LogP contribution in [0, 0.1) is 0 Å². The van der Waals surface area contributed by atoms with Crippen LogP contribution in [0.25, 0.3) is 0 Å². The van der Waals surface area contributed by atoms with E-state index in [1.165, 1.54) is 122 Å². The van der Waals surface area contributed by atoms with Crippen LogP contribution in [0.15, 0.2) is 12.2 Å². The van der Waals surface area contributed by atoms with Gasteiger partial charge in [-0.25, -0.2) is 4.18 Å². The first-order chi connectivity index (χ1) is 27.1. The molecule has 6 unspecified atom stereocenters. The standard InChI is InChI=1S/C43H82O12S/c1-3-5-7-9-11-13-15-17-18-19-20-21-22-24-26-28-30-32-39(45)53-37(35-51-33-31-29-27-25-23-16-14-12-10-8-6-4-2)36-52-43-41(47)42(55-56(48,49)50)40(46)38(34-44)54-43/h10,12,37-38,40-44,46-47H,3-9,11,13-36H2,1-2H3,(H,48,49,50)/b12-10-. The van der Waals surface area contributed by atoms with E-state index in [9.17, 15) is 28.5 Å². The van der Waals surface area contributed by atoms with Crippen molar-refractivity contribution in [1.29, 1.82) is 0 Å². The molecule has 4 N–H and O–H groups in total. The van der Waals surface area contributed by atoms with E-state index in [2.05, 4.69) is 30.2 Å². The molecule has 332 valence electrons. The smallest absolute Gasteiger partial charge is 0.397 e. The van der Waals surface area contributed by atoms with Crippen LogP contribution in [0.3, 0.4) is 0 Å². The van der Waals surface area contributed by atoms with Crippen LogP contribution in [-0.4, -0.2) is 97.5 Å². The first-order valence-corrected chi connectivity index (χ1v) is 23.8. The highest BCUT2D eigenvalue weighted by Gasteiger charge is 2.48. The van der Waals surface area contributed by atoms with Crippen molar-refractivity contribution >= 4 is 16.4 Å². The van der Waals surface area contributed by atoms with Gasteiger partial charge in [0.05, 0.1) is 19.8 Å². The molecule has 0 aromatic heterocycles. The van der Waals surface area contributed by atoms with Crippen molar-refractivity contribution in [2.75, 3.05) is 26.4 Å². The molecule has 0 spiro atoms. The Bertz CT molecular complexity index is 1040. The quantitative estimate of drug-likeness (QED) is 0.0200. The lowest BCUT2D eigenvalue weighted by Crippen LogP contribution is -2.60. The lowest BCUT2D eigenvalue weighted by Gasteiger charge is -2.41. The van der Waals surface area contributed by atoms with Crippen molar-refractivity contribution in [3.8, 4) is 0 Å². The van der Waals surface area contributed by atoms with Crippen molar-refractivity contribution in [2.45, 2.75) is 230 Å². The molecule has 1 aliphatic rings. The van der Waals surface area contributed by atoms with Gasteiger partial charge in [-0.1, -0.05) is 167 Å². The number of allylic oxidation sites excluding steroid dienone is 2. The van der Waals surface area contributed by atoms with Crippen LogP contribution in [0.2, 0.25) is 0 Å². The van der Waals surface area contributed by atoms with Gasteiger partial charge < -0.3 is 34.3 Å². The fraction of sp³-hybridized carbons (Fsp3) is 0.930. The number of aliphatic hydroxyl groups excluding tert-OH is 3. The zero-order chi connectivity index (χ0) is 41.1. The van der Waals surface area contributed by atoms with E-state index in [1.54, 1.807) is 0 Å². The number of aliphatic hydroxyl groups is 3. The summed E-state index contributed by atoms with van der Waals surface area (Å²) in [5.74, 6) is -0.398. The van der Waals surface area contributed by atoms with Gasteiger partial charge >= 0.3 is 16.4 Å². The third kappa shape index (κ3) is 29.1. The average molecular weight is 823 g/mol. The molecule has 1 heterocycles. The normalized spacial score (nSPS) is 20.9. The zero-order valence-corrected chi connectivity index (χ0v) is 36.0. The summed E-state index contributed by atoms with van der Waals surface area (Å²) in [6, 6.07) is 0. The first-order valence-electron chi connectivity index (χ1n) is 22.4. The lowest BCUT2D eigenvalue weighted by molar-refractivity contribution is -0.301. The summed E-state index contributed by atoms with van der Waals surface area (Å²) in [6.07, 6.45) is 28.2. The van der Waals surface area contributed by atoms with E-state index >= 15 is 0 Å². The van der Waals surface area contributed by atoms with Gasteiger partial charge in [-0.05, 0) is 32.1 Å². The number of hydrogen-bond acceptors (Lipinski definition) is 11. The Morgan fingerprint density at radius 3 is 1.66 bits per heavy atom. The fourth-order valence-corrected chi connectivity index (χ4v) is 7.46. The molecule has 0 saturated carbocycles. The molecular formula is C43H82O12S. The van der Waals surface area contributed by atoms with Crippen LogP contribution in [0.1, 0.15) is 194 Å². The Hall–Kier alpha value is -1.16. The number of carbonyl (C=O) groups is 1. The predicted molar refractivity (Wildman–Crippen MR) is 221 cm³/mol. The SMILES string of the molecule is CCCC/C=C\CCCCCCCCOCC(COC1OC(CO)C(O)C(OS(=O)(=O)O)C1O)OC(=O)CCCCCCCCCCCCCCCCCCC. The van der Waals surface area contributed by atoms with Crippen molar-refractivity contribution in [1.82, 2.24) is 0 Å². The van der Waals surface area contributed by atoms with Gasteiger partial charge in [-0.3, -0.25) is 9.35 Å². The maximum Gasteiger partial charge on any atom is 0.397 e. The Morgan fingerprint density at radius 2 is 1.14 bits per heavy atom. The molecule has 1 saturated heterocycles.